The molecule has 0 heterocycles. The number of hydrogen-bond donors (Lipinski definition) is 1. The van der Waals surface area contributed by atoms with Crippen molar-refractivity contribution in [2.45, 2.75) is 0 Å². The van der Waals surface area contributed by atoms with Gasteiger partial charge in [-0.25, -0.2) is 4.79 Å². The molecule has 1 aromatic carbocycles. The van der Waals surface area contributed by atoms with Gasteiger partial charge < -0.3 is 20.8 Å². The van der Waals surface area contributed by atoms with Crippen molar-refractivity contribution in [3.05, 3.63) is 23.8 Å². The Hall–Kier alpha value is -1.53. The SMILES string of the molecule is Bc1ccc(O)cc1C(=O)OC.O.O. The van der Waals surface area contributed by atoms with Crippen LogP contribution in [0.25, 0.3) is 0 Å². The number of aromatic hydroxyl groups is 1. The third kappa shape index (κ3) is 3.08. The molecule has 1 rings (SSSR count). The molecule has 0 atom stereocenters. The Balaban J connectivity index is 0. The van der Waals surface area contributed by atoms with E-state index in [0.717, 1.165) is 5.46 Å². The quantitative estimate of drug-likeness (QED) is 0.409. The fourth-order valence-corrected chi connectivity index (χ4v) is 0.940. The van der Waals surface area contributed by atoms with Gasteiger partial charge in [0.1, 0.15) is 13.6 Å². The van der Waals surface area contributed by atoms with Gasteiger partial charge in [0.15, 0.2) is 0 Å². The van der Waals surface area contributed by atoms with Gasteiger partial charge in [-0.2, -0.15) is 0 Å². The van der Waals surface area contributed by atoms with Crippen LogP contribution >= 0.6 is 0 Å². The van der Waals surface area contributed by atoms with Crippen LogP contribution in [0.4, 0.5) is 0 Å². The van der Waals surface area contributed by atoms with Gasteiger partial charge in [-0.3, -0.25) is 0 Å². The Bertz CT molecular complexity index is 313. The monoisotopic (exact) mass is 200 g/mol. The number of ether oxygens (including phenoxy) is 1. The predicted molar refractivity (Wildman–Crippen MR) is 54.9 cm³/mol. The zero-order valence-corrected chi connectivity index (χ0v) is 8.00. The maximum atomic E-state index is 11.1. The Morgan fingerprint density at radius 2 is 2.00 bits per heavy atom. The van der Waals surface area contributed by atoms with Gasteiger partial charge in [0.2, 0.25) is 0 Å². The van der Waals surface area contributed by atoms with Crippen molar-refractivity contribution in [2.75, 3.05) is 7.11 Å². The van der Waals surface area contributed by atoms with E-state index in [4.69, 9.17) is 5.11 Å². The van der Waals surface area contributed by atoms with E-state index in [1.54, 1.807) is 13.9 Å². The number of phenolic OH excluding ortho intramolecular Hbond substituents is 1. The summed E-state index contributed by atoms with van der Waals surface area (Å²) in [7, 11) is 3.09. The molecule has 0 saturated carbocycles. The maximum Gasteiger partial charge on any atom is 0.337 e. The number of rotatable bonds is 1. The van der Waals surface area contributed by atoms with Crippen LogP contribution in [0.3, 0.4) is 0 Å². The van der Waals surface area contributed by atoms with Crippen molar-refractivity contribution in [3.8, 4) is 5.75 Å². The molecular formula is C8H13BO5. The van der Waals surface area contributed by atoms with E-state index in [1.807, 2.05) is 0 Å². The van der Waals surface area contributed by atoms with Crippen LogP contribution in [0.1, 0.15) is 10.4 Å². The zero-order valence-electron chi connectivity index (χ0n) is 8.00. The summed E-state index contributed by atoms with van der Waals surface area (Å²) < 4.78 is 4.52. The van der Waals surface area contributed by atoms with Gasteiger partial charge in [-0.05, 0) is 12.1 Å². The van der Waals surface area contributed by atoms with Crippen LogP contribution in [0.5, 0.6) is 5.75 Å². The lowest BCUT2D eigenvalue weighted by Gasteiger charge is -2.03. The van der Waals surface area contributed by atoms with Gasteiger partial charge in [0, 0.05) is 0 Å². The average molecular weight is 200 g/mol. The fraction of sp³-hybridized carbons (Fsp3) is 0.125. The van der Waals surface area contributed by atoms with Crippen LogP contribution in [0.2, 0.25) is 0 Å². The predicted octanol–water partition coefficient (Wildman–Crippen LogP) is -2.21. The second kappa shape index (κ2) is 6.01. The summed E-state index contributed by atoms with van der Waals surface area (Å²) in [5.74, 6) is -0.357. The van der Waals surface area contributed by atoms with Crippen LogP contribution < -0.4 is 5.46 Å². The first kappa shape index (κ1) is 15.0. The van der Waals surface area contributed by atoms with E-state index in [1.165, 1.54) is 19.2 Å². The highest BCUT2D eigenvalue weighted by molar-refractivity contribution is 6.36. The zero-order chi connectivity index (χ0) is 9.14. The van der Waals surface area contributed by atoms with Crippen molar-refractivity contribution < 1.29 is 25.6 Å². The molecule has 0 aliphatic carbocycles. The topological polar surface area (TPSA) is 110 Å². The molecule has 0 radical (unpaired) electrons. The second-order valence-corrected chi connectivity index (χ2v) is 2.49. The molecular weight excluding hydrogens is 187 g/mol. The van der Waals surface area contributed by atoms with Gasteiger partial charge in [0.05, 0.1) is 12.7 Å². The van der Waals surface area contributed by atoms with Crippen LogP contribution in [-0.2, 0) is 4.74 Å². The van der Waals surface area contributed by atoms with E-state index >= 15 is 0 Å². The number of carbonyl (C=O) groups excluding carboxylic acids is 1. The number of methoxy groups -OCH3 is 1. The van der Waals surface area contributed by atoms with E-state index in [0.29, 0.717) is 5.56 Å². The van der Waals surface area contributed by atoms with Crippen molar-refractivity contribution in [3.63, 3.8) is 0 Å². The normalized spacial score (nSPS) is 8.07. The Morgan fingerprint density at radius 1 is 1.43 bits per heavy atom. The lowest BCUT2D eigenvalue weighted by atomic mass is 9.90. The third-order valence-electron chi connectivity index (χ3n) is 1.63. The third-order valence-corrected chi connectivity index (χ3v) is 1.63. The Morgan fingerprint density at radius 3 is 2.50 bits per heavy atom. The van der Waals surface area contributed by atoms with Gasteiger partial charge >= 0.3 is 5.97 Å². The average Bonchev–Trinajstić information content (AvgIpc) is 2.08. The molecule has 0 aliphatic heterocycles. The van der Waals surface area contributed by atoms with Crippen molar-refractivity contribution in [2.24, 2.45) is 0 Å². The minimum Gasteiger partial charge on any atom is -0.508 e. The van der Waals surface area contributed by atoms with E-state index < -0.39 is 5.97 Å². The first-order chi connectivity index (χ1) is 5.65. The second-order valence-electron chi connectivity index (χ2n) is 2.49. The standard InChI is InChI=1S/C8H9BO3.2H2O/c1-12-8(11)6-4-5(10)2-3-7(6)9;;/h2-4,10H,9H2,1H3;2*1H2. The molecule has 0 bridgehead atoms. The maximum absolute atomic E-state index is 11.1. The molecule has 0 unspecified atom stereocenters. The number of hydrogen-bond acceptors (Lipinski definition) is 3. The summed E-state index contributed by atoms with van der Waals surface area (Å²) in [6.07, 6.45) is 0. The molecule has 78 valence electrons. The van der Waals surface area contributed by atoms with E-state index in [-0.39, 0.29) is 16.7 Å². The lowest BCUT2D eigenvalue weighted by Crippen LogP contribution is -2.16. The molecule has 5 nitrogen and oxygen atoms in total. The summed E-state index contributed by atoms with van der Waals surface area (Å²) in [5, 5.41) is 9.07. The summed E-state index contributed by atoms with van der Waals surface area (Å²) in [6, 6.07) is 4.59. The van der Waals surface area contributed by atoms with Crippen LogP contribution in [0, 0.1) is 0 Å². The minimum absolute atomic E-state index is 0. The molecule has 14 heavy (non-hydrogen) atoms. The van der Waals surface area contributed by atoms with Crippen LogP contribution in [0.15, 0.2) is 18.2 Å². The first-order valence-corrected chi connectivity index (χ1v) is 3.53. The van der Waals surface area contributed by atoms with Crippen LogP contribution in [-0.4, -0.2) is 37.0 Å². The van der Waals surface area contributed by atoms with Crippen molar-refractivity contribution in [1.29, 1.82) is 0 Å². The van der Waals surface area contributed by atoms with E-state index in [2.05, 4.69) is 4.74 Å². The van der Waals surface area contributed by atoms with Crippen molar-refractivity contribution >= 4 is 19.3 Å². The van der Waals surface area contributed by atoms with Gasteiger partial charge in [0.25, 0.3) is 0 Å². The van der Waals surface area contributed by atoms with Crippen molar-refractivity contribution in [1.82, 2.24) is 0 Å². The Kier molecular flexibility index (Phi) is 6.43. The van der Waals surface area contributed by atoms with Gasteiger partial charge in [-0.15, -0.1) is 0 Å². The first-order valence-electron chi connectivity index (χ1n) is 3.53. The van der Waals surface area contributed by atoms with E-state index in [9.17, 15) is 4.79 Å². The highest BCUT2D eigenvalue weighted by atomic mass is 16.5. The smallest absolute Gasteiger partial charge is 0.337 e. The number of benzene rings is 1. The van der Waals surface area contributed by atoms with Gasteiger partial charge in [-0.1, -0.05) is 11.5 Å². The molecule has 0 saturated heterocycles. The largest absolute Gasteiger partial charge is 0.508 e. The molecule has 1 aromatic rings. The highest BCUT2D eigenvalue weighted by Crippen LogP contribution is 2.09. The molecule has 0 aromatic heterocycles. The number of esters is 1. The molecule has 0 fully saturated rings. The number of carbonyl (C=O) groups is 1. The number of phenols is 1. The molecule has 0 amide bonds. The Labute approximate surface area is 82.3 Å². The highest BCUT2D eigenvalue weighted by Gasteiger charge is 2.08. The molecule has 0 aliphatic rings. The summed E-state index contributed by atoms with van der Waals surface area (Å²) in [4.78, 5) is 11.1. The molecule has 0 spiro atoms. The lowest BCUT2D eigenvalue weighted by molar-refractivity contribution is 0.0602. The summed E-state index contributed by atoms with van der Waals surface area (Å²) >= 11 is 0. The molecule has 5 N–H and O–H groups in total. The minimum atomic E-state index is -0.427. The fourth-order valence-electron chi connectivity index (χ4n) is 0.940. The molecule has 6 heteroatoms. The summed E-state index contributed by atoms with van der Waals surface area (Å²) in [6.45, 7) is 0. The summed E-state index contributed by atoms with van der Waals surface area (Å²) in [5.41, 5.74) is 1.19.